The first-order chi connectivity index (χ1) is 13.2. The van der Waals surface area contributed by atoms with E-state index in [1.54, 1.807) is 0 Å². The molecule has 3 N–H and O–H groups in total. The first-order valence-electron chi connectivity index (χ1n) is 7.72. The Balaban J connectivity index is 1.90. The highest BCUT2D eigenvalue weighted by Gasteiger charge is 2.33. The standard InChI is InChI=1S/C18H11F4N3O3/c19-10-4-5-14(26)9(6-10)7-24-25-17(28)12-8-23-15-11(16(12)27)2-1-3-13(15)18(20,21)22/h1-8,26H,(H,23,27)(H,25,28)/b24-7-. The third-order valence-corrected chi connectivity index (χ3v) is 3.82. The average molecular weight is 393 g/mol. The Bertz CT molecular complexity index is 1150. The molecule has 1 heterocycles. The molecule has 6 nitrogen and oxygen atoms in total. The number of nitrogens with zero attached hydrogens (tertiary/aromatic N) is 1. The van der Waals surface area contributed by atoms with E-state index in [2.05, 4.69) is 10.1 Å². The van der Waals surface area contributed by atoms with E-state index in [9.17, 15) is 32.3 Å². The number of aromatic hydroxyl groups is 1. The summed E-state index contributed by atoms with van der Waals surface area (Å²) in [6, 6.07) is 6.11. The number of aromatic amines is 1. The van der Waals surface area contributed by atoms with Crippen LogP contribution in [0.5, 0.6) is 5.75 Å². The van der Waals surface area contributed by atoms with Crippen LogP contribution in [-0.2, 0) is 6.18 Å². The van der Waals surface area contributed by atoms with Gasteiger partial charge in [-0.25, -0.2) is 9.82 Å². The zero-order valence-corrected chi connectivity index (χ0v) is 13.8. The highest BCUT2D eigenvalue weighted by molar-refractivity contribution is 5.98. The number of halogens is 4. The van der Waals surface area contributed by atoms with Gasteiger partial charge in [-0.2, -0.15) is 18.3 Å². The van der Waals surface area contributed by atoms with Crippen molar-refractivity contribution in [1.82, 2.24) is 10.4 Å². The summed E-state index contributed by atoms with van der Waals surface area (Å²) in [6.45, 7) is 0. The minimum Gasteiger partial charge on any atom is -0.507 e. The van der Waals surface area contributed by atoms with Crippen molar-refractivity contribution in [2.45, 2.75) is 6.18 Å². The minimum atomic E-state index is -4.68. The molecule has 0 radical (unpaired) electrons. The summed E-state index contributed by atoms with van der Waals surface area (Å²) in [5.74, 6) is -1.92. The van der Waals surface area contributed by atoms with Crippen molar-refractivity contribution in [3.8, 4) is 5.75 Å². The summed E-state index contributed by atoms with van der Waals surface area (Å²) in [4.78, 5) is 26.8. The number of para-hydroxylation sites is 1. The fraction of sp³-hybridized carbons (Fsp3) is 0.0556. The molecule has 1 amide bonds. The zero-order chi connectivity index (χ0) is 20.5. The first-order valence-corrected chi connectivity index (χ1v) is 7.72. The number of pyridine rings is 1. The fourth-order valence-electron chi connectivity index (χ4n) is 2.51. The number of alkyl halides is 3. The van der Waals surface area contributed by atoms with E-state index in [4.69, 9.17) is 0 Å². The van der Waals surface area contributed by atoms with Gasteiger partial charge in [0, 0.05) is 17.1 Å². The van der Waals surface area contributed by atoms with Crippen LogP contribution in [0.25, 0.3) is 10.9 Å². The summed E-state index contributed by atoms with van der Waals surface area (Å²) in [5, 5.41) is 12.8. The Morgan fingerprint density at radius 3 is 2.68 bits per heavy atom. The quantitative estimate of drug-likeness (QED) is 0.362. The number of H-pyrrole nitrogens is 1. The minimum absolute atomic E-state index is 0.0254. The van der Waals surface area contributed by atoms with E-state index >= 15 is 0 Å². The van der Waals surface area contributed by atoms with Crippen molar-refractivity contribution in [3.63, 3.8) is 0 Å². The second kappa shape index (κ2) is 7.14. The average Bonchev–Trinajstić information content (AvgIpc) is 2.63. The molecule has 0 fully saturated rings. The molecule has 0 saturated heterocycles. The number of nitrogens with one attached hydrogen (secondary N) is 2. The van der Waals surface area contributed by atoms with Gasteiger partial charge in [-0.1, -0.05) is 6.07 Å². The third-order valence-electron chi connectivity index (χ3n) is 3.82. The van der Waals surface area contributed by atoms with Crippen LogP contribution in [-0.4, -0.2) is 22.2 Å². The van der Waals surface area contributed by atoms with Gasteiger partial charge in [-0.15, -0.1) is 0 Å². The predicted octanol–water partition coefficient (Wildman–Crippen LogP) is 3.16. The lowest BCUT2D eigenvalue weighted by atomic mass is 10.1. The second-order valence-corrected chi connectivity index (χ2v) is 5.66. The normalized spacial score (nSPS) is 11.9. The van der Waals surface area contributed by atoms with Crippen LogP contribution in [0.1, 0.15) is 21.5 Å². The van der Waals surface area contributed by atoms with Crippen LogP contribution in [0.2, 0.25) is 0 Å². The van der Waals surface area contributed by atoms with Crippen LogP contribution < -0.4 is 10.9 Å². The number of hydrogen-bond donors (Lipinski definition) is 3. The monoisotopic (exact) mass is 393 g/mol. The van der Waals surface area contributed by atoms with E-state index in [1.165, 1.54) is 0 Å². The smallest absolute Gasteiger partial charge is 0.418 e. The Kier molecular flexibility index (Phi) is 4.87. The number of fused-ring (bicyclic) bond motifs is 1. The summed E-state index contributed by atoms with van der Waals surface area (Å²) >= 11 is 0. The lowest BCUT2D eigenvalue weighted by Crippen LogP contribution is -2.25. The van der Waals surface area contributed by atoms with Gasteiger partial charge in [0.25, 0.3) is 5.91 Å². The Morgan fingerprint density at radius 2 is 1.96 bits per heavy atom. The molecule has 28 heavy (non-hydrogen) atoms. The number of aromatic nitrogens is 1. The molecule has 0 aliphatic heterocycles. The van der Waals surface area contributed by atoms with E-state index < -0.39 is 40.0 Å². The maximum atomic E-state index is 13.1. The predicted molar refractivity (Wildman–Crippen MR) is 92.7 cm³/mol. The van der Waals surface area contributed by atoms with Gasteiger partial charge < -0.3 is 10.1 Å². The van der Waals surface area contributed by atoms with E-state index in [1.807, 2.05) is 5.43 Å². The van der Waals surface area contributed by atoms with Crippen LogP contribution >= 0.6 is 0 Å². The third kappa shape index (κ3) is 3.70. The number of benzene rings is 2. The van der Waals surface area contributed by atoms with Crippen molar-refractivity contribution in [2.24, 2.45) is 5.10 Å². The van der Waals surface area contributed by atoms with Gasteiger partial charge in [0.15, 0.2) is 0 Å². The molecule has 0 spiro atoms. The number of carbonyl (C=O) groups excluding carboxylic acids is 1. The molecule has 0 bridgehead atoms. The number of amides is 1. The molecule has 2 aromatic carbocycles. The summed E-state index contributed by atoms with van der Waals surface area (Å²) in [7, 11) is 0. The Morgan fingerprint density at radius 1 is 1.21 bits per heavy atom. The van der Waals surface area contributed by atoms with Crippen molar-refractivity contribution in [3.05, 3.63) is 75.3 Å². The van der Waals surface area contributed by atoms with E-state index in [0.717, 1.165) is 48.8 Å². The maximum Gasteiger partial charge on any atom is 0.418 e. The van der Waals surface area contributed by atoms with Crippen LogP contribution in [0, 0.1) is 5.82 Å². The number of hydrazone groups is 1. The molecule has 3 rings (SSSR count). The largest absolute Gasteiger partial charge is 0.507 e. The number of hydrogen-bond acceptors (Lipinski definition) is 4. The SMILES string of the molecule is O=C(N/N=C\c1cc(F)ccc1O)c1c[nH]c2c(C(F)(F)F)cccc2c1=O. The molecular formula is C18H11F4N3O3. The van der Waals surface area contributed by atoms with Gasteiger partial charge in [0.1, 0.15) is 17.1 Å². The molecule has 0 unspecified atom stereocenters. The molecule has 0 saturated carbocycles. The molecule has 3 aromatic rings. The highest BCUT2D eigenvalue weighted by Crippen LogP contribution is 2.32. The molecule has 144 valence electrons. The Labute approximate surface area is 154 Å². The lowest BCUT2D eigenvalue weighted by molar-refractivity contribution is -0.136. The summed E-state index contributed by atoms with van der Waals surface area (Å²) < 4.78 is 52.2. The number of phenols is 1. The van der Waals surface area contributed by atoms with Crippen molar-refractivity contribution in [2.75, 3.05) is 0 Å². The highest BCUT2D eigenvalue weighted by atomic mass is 19.4. The van der Waals surface area contributed by atoms with Crippen molar-refractivity contribution in [1.29, 1.82) is 0 Å². The first kappa shape index (κ1) is 19.1. The fourth-order valence-corrected chi connectivity index (χ4v) is 2.51. The zero-order valence-electron chi connectivity index (χ0n) is 13.8. The summed E-state index contributed by atoms with van der Waals surface area (Å²) in [6.07, 6.45) is -2.87. The number of phenolic OH excluding ortho intramolecular Hbond substituents is 1. The summed E-state index contributed by atoms with van der Waals surface area (Å²) in [5.41, 5.74) is -0.881. The molecular weight excluding hydrogens is 382 g/mol. The van der Waals surface area contributed by atoms with Gasteiger partial charge in [0.05, 0.1) is 17.3 Å². The van der Waals surface area contributed by atoms with Crippen molar-refractivity contribution < 1.29 is 27.5 Å². The van der Waals surface area contributed by atoms with Crippen LogP contribution in [0.4, 0.5) is 17.6 Å². The van der Waals surface area contributed by atoms with Gasteiger partial charge in [-0.3, -0.25) is 9.59 Å². The van der Waals surface area contributed by atoms with E-state index in [-0.39, 0.29) is 16.7 Å². The van der Waals surface area contributed by atoms with Gasteiger partial charge in [0.2, 0.25) is 5.43 Å². The molecule has 0 aliphatic rings. The molecule has 10 heteroatoms. The van der Waals surface area contributed by atoms with Crippen LogP contribution in [0.15, 0.2) is 52.5 Å². The van der Waals surface area contributed by atoms with Gasteiger partial charge in [-0.05, 0) is 30.3 Å². The van der Waals surface area contributed by atoms with Crippen molar-refractivity contribution >= 4 is 23.0 Å². The molecule has 0 atom stereocenters. The number of carbonyl (C=O) groups is 1. The molecule has 1 aromatic heterocycles. The second-order valence-electron chi connectivity index (χ2n) is 5.66. The van der Waals surface area contributed by atoms with Crippen LogP contribution in [0.3, 0.4) is 0 Å². The number of rotatable bonds is 3. The van der Waals surface area contributed by atoms with E-state index in [0.29, 0.717) is 0 Å². The van der Waals surface area contributed by atoms with Gasteiger partial charge >= 0.3 is 6.18 Å². The topological polar surface area (TPSA) is 94.5 Å². The maximum absolute atomic E-state index is 13.1. The molecule has 0 aliphatic carbocycles. The lowest BCUT2D eigenvalue weighted by Gasteiger charge is -2.10. The Hall–Kier alpha value is -3.69.